The van der Waals surface area contributed by atoms with Crippen molar-refractivity contribution in [2.45, 2.75) is 0 Å². The quantitative estimate of drug-likeness (QED) is 0.782. The Morgan fingerprint density at radius 2 is 2.05 bits per heavy atom. The van der Waals surface area contributed by atoms with Crippen molar-refractivity contribution in [1.29, 1.82) is 0 Å². The van der Waals surface area contributed by atoms with Crippen LogP contribution in [0, 0.1) is 0 Å². The van der Waals surface area contributed by atoms with Crippen LogP contribution in [-0.4, -0.2) is 32.2 Å². The Bertz CT molecular complexity index is 753. The van der Waals surface area contributed by atoms with Crippen LogP contribution in [0.2, 0.25) is 0 Å². The molecule has 6 nitrogen and oxygen atoms in total. The molecule has 0 saturated carbocycles. The van der Waals surface area contributed by atoms with E-state index in [9.17, 15) is 4.79 Å². The second-order valence-corrected chi connectivity index (χ2v) is 4.14. The first-order valence-electron chi connectivity index (χ1n) is 5.97. The molecule has 3 aromatic rings. The molecule has 0 aliphatic heterocycles. The maximum Gasteiger partial charge on any atom is 0.341 e. The molecule has 100 valence electrons. The van der Waals surface area contributed by atoms with E-state index in [1.807, 2.05) is 22.9 Å². The summed E-state index contributed by atoms with van der Waals surface area (Å²) in [7, 11) is 0. The van der Waals surface area contributed by atoms with E-state index in [0.717, 1.165) is 10.9 Å². The van der Waals surface area contributed by atoms with Gasteiger partial charge in [0, 0.05) is 24.0 Å². The first-order valence-corrected chi connectivity index (χ1v) is 5.97. The molecule has 0 saturated heterocycles. The van der Waals surface area contributed by atoms with Gasteiger partial charge in [0.15, 0.2) is 6.61 Å². The number of benzene rings is 1. The van der Waals surface area contributed by atoms with Gasteiger partial charge < -0.3 is 9.84 Å². The van der Waals surface area contributed by atoms with Gasteiger partial charge in [-0.3, -0.25) is 4.57 Å². The molecular weight excluding hydrogens is 258 g/mol. The zero-order valence-electron chi connectivity index (χ0n) is 10.4. The van der Waals surface area contributed by atoms with Crippen LogP contribution in [0.5, 0.6) is 5.75 Å². The number of ether oxygens (including phenoxy) is 1. The molecule has 0 unspecified atom stereocenters. The minimum atomic E-state index is -1.000. The Morgan fingerprint density at radius 1 is 1.25 bits per heavy atom. The molecule has 0 fully saturated rings. The fourth-order valence-corrected chi connectivity index (χ4v) is 1.95. The number of hydrogen-bond donors (Lipinski definition) is 1. The van der Waals surface area contributed by atoms with Crippen molar-refractivity contribution in [3.63, 3.8) is 0 Å². The third-order valence-corrected chi connectivity index (χ3v) is 2.79. The lowest BCUT2D eigenvalue weighted by molar-refractivity contribution is -0.139. The number of aromatic nitrogens is 3. The number of carboxylic acids is 1. The summed E-state index contributed by atoms with van der Waals surface area (Å²) in [6.07, 6.45) is 5.22. The largest absolute Gasteiger partial charge is 0.482 e. The molecule has 0 spiro atoms. The van der Waals surface area contributed by atoms with Crippen molar-refractivity contribution in [2.75, 3.05) is 6.61 Å². The van der Waals surface area contributed by atoms with Crippen LogP contribution < -0.4 is 4.74 Å². The number of carboxylic acid groups (broad SMARTS) is 1. The lowest BCUT2D eigenvalue weighted by atomic mass is 10.2. The van der Waals surface area contributed by atoms with E-state index in [2.05, 4.69) is 9.97 Å². The summed E-state index contributed by atoms with van der Waals surface area (Å²) >= 11 is 0. The highest BCUT2D eigenvalue weighted by Crippen LogP contribution is 2.23. The van der Waals surface area contributed by atoms with Crippen LogP contribution in [0.1, 0.15) is 0 Å². The lowest BCUT2D eigenvalue weighted by Crippen LogP contribution is -2.09. The van der Waals surface area contributed by atoms with E-state index < -0.39 is 5.97 Å². The molecule has 6 heteroatoms. The van der Waals surface area contributed by atoms with Crippen molar-refractivity contribution >= 4 is 16.9 Å². The first kappa shape index (κ1) is 12.2. The molecule has 0 amide bonds. The molecule has 0 radical (unpaired) electrons. The van der Waals surface area contributed by atoms with Crippen LogP contribution >= 0.6 is 0 Å². The van der Waals surface area contributed by atoms with Crippen molar-refractivity contribution in [2.24, 2.45) is 0 Å². The van der Waals surface area contributed by atoms with Gasteiger partial charge in [0.1, 0.15) is 5.75 Å². The van der Waals surface area contributed by atoms with Crippen LogP contribution in [0.4, 0.5) is 0 Å². The molecular formula is C14H11N3O3. The molecule has 1 aromatic carbocycles. The fraction of sp³-hybridized carbons (Fsp3) is 0.0714. The maximum atomic E-state index is 10.5. The first-order chi connectivity index (χ1) is 9.74. The second kappa shape index (κ2) is 5.00. The average Bonchev–Trinajstić information content (AvgIpc) is 2.89. The number of hydrogen-bond acceptors (Lipinski definition) is 4. The van der Waals surface area contributed by atoms with Crippen molar-refractivity contribution in [3.8, 4) is 11.7 Å². The molecule has 3 rings (SSSR count). The predicted molar refractivity (Wildman–Crippen MR) is 72.0 cm³/mol. The Balaban J connectivity index is 1.96. The van der Waals surface area contributed by atoms with Gasteiger partial charge in [0.2, 0.25) is 5.95 Å². The van der Waals surface area contributed by atoms with E-state index >= 15 is 0 Å². The zero-order chi connectivity index (χ0) is 13.9. The summed E-state index contributed by atoms with van der Waals surface area (Å²) < 4.78 is 7.01. The van der Waals surface area contributed by atoms with Gasteiger partial charge >= 0.3 is 5.97 Å². The van der Waals surface area contributed by atoms with Gasteiger partial charge in [0.25, 0.3) is 0 Å². The maximum absolute atomic E-state index is 10.5. The molecule has 0 aliphatic rings. The van der Waals surface area contributed by atoms with Gasteiger partial charge in [0.05, 0.1) is 5.52 Å². The molecule has 20 heavy (non-hydrogen) atoms. The molecule has 0 aliphatic carbocycles. The highest BCUT2D eigenvalue weighted by Gasteiger charge is 2.07. The third-order valence-electron chi connectivity index (χ3n) is 2.79. The number of carbonyl (C=O) groups is 1. The van der Waals surface area contributed by atoms with E-state index in [1.165, 1.54) is 0 Å². The SMILES string of the molecule is O=C(O)COc1ccc2c(ccn2-c2ncccn2)c1. The minimum absolute atomic E-state index is 0.353. The Morgan fingerprint density at radius 3 is 2.80 bits per heavy atom. The van der Waals surface area contributed by atoms with Gasteiger partial charge in [-0.15, -0.1) is 0 Å². The van der Waals surface area contributed by atoms with Gasteiger partial charge in [-0.2, -0.15) is 0 Å². The van der Waals surface area contributed by atoms with Gasteiger partial charge in [-0.25, -0.2) is 14.8 Å². The number of aliphatic carboxylic acids is 1. The number of fused-ring (bicyclic) bond motifs is 1. The predicted octanol–water partition coefficient (Wildman–Crippen LogP) is 1.88. The van der Waals surface area contributed by atoms with Crippen LogP contribution in [0.15, 0.2) is 48.9 Å². The molecule has 0 bridgehead atoms. The van der Waals surface area contributed by atoms with Crippen molar-refractivity contribution in [1.82, 2.24) is 14.5 Å². The molecule has 1 N–H and O–H groups in total. The highest BCUT2D eigenvalue weighted by molar-refractivity contribution is 5.83. The summed E-state index contributed by atoms with van der Waals surface area (Å²) in [5, 5.41) is 9.53. The molecule has 2 aromatic heterocycles. The zero-order valence-corrected chi connectivity index (χ0v) is 10.4. The van der Waals surface area contributed by atoms with Crippen LogP contribution in [-0.2, 0) is 4.79 Å². The van der Waals surface area contributed by atoms with E-state index in [-0.39, 0.29) is 6.61 Å². The smallest absolute Gasteiger partial charge is 0.341 e. The molecule has 2 heterocycles. The molecule has 0 atom stereocenters. The Kier molecular flexibility index (Phi) is 3.04. The topological polar surface area (TPSA) is 77.2 Å². The highest BCUT2D eigenvalue weighted by atomic mass is 16.5. The van der Waals surface area contributed by atoms with E-state index in [4.69, 9.17) is 9.84 Å². The van der Waals surface area contributed by atoms with Crippen LogP contribution in [0.3, 0.4) is 0 Å². The summed E-state index contributed by atoms with van der Waals surface area (Å²) in [4.78, 5) is 18.9. The van der Waals surface area contributed by atoms with Crippen LogP contribution in [0.25, 0.3) is 16.9 Å². The average molecular weight is 269 g/mol. The monoisotopic (exact) mass is 269 g/mol. The van der Waals surface area contributed by atoms with E-state index in [1.54, 1.807) is 30.6 Å². The normalized spacial score (nSPS) is 10.6. The fourth-order valence-electron chi connectivity index (χ4n) is 1.95. The Hall–Kier alpha value is -2.89. The standard InChI is InChI=1S/C14H11N3O3/c18-13(19)9-20-11-2-3-12-10(8-11)4-7-17(12)14-15-5-1-6-16-14/h1-8H,9H2,(H,18,19). The number of nitrogens with zero attached hydrogens (tertiary/aromatic N) is 3. The summed E-state index contributed by atoms with van der Waals surface area (Å²) in [6, 6.07) is 9.03. The van der Waals surface area contributed by atoms with E-state index in [0.29, 0.717) is 11.7 Å². The summed E-state index contributed by atoms with van der Waals surface area (Å²) in [5.74, 6) is 0.105. The summed E-state index contributed by atoms with van der Waals surface area (Å²) in [5.41, 5.74) is 0.930. The van der Waals surface area contributed by atoms with Crippen molar-refractivity contribution in [3.05, 3.63) is 48.9 Å². The minimum Gasteiger partial charge on any atom is -0.482 e. The lowest BCUT2D eigenvalue weighted by Gasteiger charge is -2.05. The summed E-state index contributed by atoms with van der Waals surface area (Å²) in [6.45, 7) is -0.353. The number of rotatable bonds is 4. The third kappa shape index (κ3) is 2.31. The van der Waals surface area contributed by atoms with Crippen molar-refractivity contribution < 1.29 is 14.6 Å². The van der Waals surface area contributed by atoms with Gasteiger partial charge in [-0.05, 0) is 30.3 Å². The second-order valence-electron chi connectivity index (χ2n) is 4.14. The van der Waals surface area contributed by atoms with Gasteiger partial charge in [-0.1, -0.05) is 0 Å². The Labute approximate surface area is 114 Å².